The van der Waals surface area contributed by atoms with E-state index in [1.807, 2.05) is 18.7 Å². The average molecular weight is 239 g/mol. The molecule has 16 heavy (non-hydrogen) atoms. The normalized spacial score (nSPS) is 19.8. The monoisotopic (exact) mass is 239 g/mol. The zero-order valence-electron chi connectivity index (χ0n) is 9.36. The van der Waals surface area contributed by atoms with Crippen molar-refractivity contribution in [3.8, 4) is 0 Å². The summed E-state index contributed by atoms with van der Waals surface area (Å²) < 4.78 is 0. The Kier molecular flexibility index (Phi) is 3.84. The molecule has 0 bridgehead atoms. The molecule has 2 rings (SSSR count). The molecule has 1 unspecified atom stereocenters. The van der Waals surface area contributed by atoms with Gasteiger partial charge in [0.1, 0.15) is 5.82 Å². The van der Waals surface area contributed by atoms with Crippen LogP contribution in [0.5, 0.6) is 0 Å². The van der Waals surface area contributed by atoms with Crippen molar-refractivity contribution in [2.45, 2.75) is 25.0 Å². The Bertz CT molecular complexity index is 351. The first-order valence-corrected chi connectivity index (χ1v) is 6.50. The van der Waals surface area contributed by atoms with Crippen molar-refractivity contribution in [3.63, 3.8) is 0 Å². The van der Waals surface area contributed by atoms with Gasteiger partial charge in [0.15, 0.2) is 0 Å². The number of nitrogens with two attached hydrogens (primary N) is 1. The van der Waals surface area contributed by atoms with Gasteiger partial charge in [0, 0.05) is 23.6 Å². The highest BCUT2D eigenvalue weighted by Crippen LogP contribution is 2.26. The predicted molar refractivity (Wildman–Crippen MR) is 68.5 cm³/mol. The summed E-state index contributed by atoms with van der Waals surface area (Å²) in [5.41, 5.74) is 3.50. The van der Waals surface area contributed by atoms with Gasteiger partial charge >= 0.3 is 0 Å². The topological polar surface area (TPSA) is 75.9 Å². The molecule has 1 fully saturated rings. The molecule has 6 heteroatoms. The molecule has 1 aromatic heterocycles. The van der Waals surface area contributed by atoms with Crippen LogP contribution in [0.15, 0.2) is 6.20 Å². The highest BCUT2D eigenvalue weighted by molar-refractivity contribution is 8.00. The maximum atomic E-state index is 5.28. The van der Waals surface area contributed by atoms with Gasteiger partial charge in [-0.2, -0.15) is 16.7 Å². The van der Waals surface area contributed by atoms with Crippen molar-refractivity contribution in [2.75, 3.05) is 23.0 Å². The minimum Gasteiger partial charge on any atom is -0.369 e. The third-order valence-electron chi connectivity index (χ3n) is 2.62. The van der Waals surface area contributed by atoms with Crippen LogP contribution in [0.2, 0.25) is 0 Å². The maximum absolute atomic E-state index is 5.28. The van der Waals surface area contributed by atoms with Gasteiger partial charge in [0.25, 0.3) is 0 Å². The van der Waals surface area contributed by atoms with Crippen LogP contribution in [0.3, 0.4) is 0 Å². The summed E-state index contributed by atoms with van der Waals surface area (Å²) in [5, 5.41) is 4.07. The first-order chi connectivity index (χ1) is 7.79. The smallest absolute Gasteiger partial charge is 0.239 e. The van der Waals surface area contributed by atoms with E-state index in [4.69, 9.17) is 5.84 Å². The van der Waals surface area contributed by atoms with Crippen LogP contribution < -0.4 is 16.6 Å². The molecule has 5 nitrogen and oxygen atoms in total. The molecule has 88 valence electrons. The Balaban J connectivity index is 1.96. The molecule has 1 aliphatic heterocycles. The zero-order valence-corrected chi connectivity index (χ0v) is 10.2. The van der Waals surface area contributed by atoms with Crippen molar-refractivity contribution >= 4 is 23.5 Å². The molecule has 4 N–H and O–H groups in total. The molecule has 0 aromatic carbocycles. The van der Waals surface area contributed by atoms with Crippen LogP contribution in [0.25, 0.3) is 0 Å². The van der Waals surface area contributed by atoms with E-state index in [9.17, 15) is 0 Å². The largest absolute Gasteiger partial charge is 0.369 e. The fourth-order valence-corrected chi connectivity index (χ4v) is 2.91. The lowest BCUT2D eigenvalue weighted by molar-refractivity contribution is 0.802. The summed E-state index contributed by atoms with van der Waals surface area (Å²) >= 11 is 2.03. The first-order valence-electron chi connectivity index (χ1n) is 5.45. The SMILES string of the molecule is Cc1cnc(NN)nc1NCC1CCCS1. The van der Waals surface area contributed by atoms with E-state index in [0.29, 0.717) is 11.2 Å². The van der Waals surface area contributed by atoms with Gasteiger partial charge in [-0.3, -0.25) is 5.43 Å². The molecule has 1 atom stereocenters. The number of nitrogens with zero attached hydrogens (tertiary/aromatic N) is 2. The van der Waals surface area contributed by atoms with E-state index >= 15 is 0 Å². The van der Waals surface area contributed by atoms with E-state index < -0.39 is 0 Å². The number of hydrazine groups is 1. The van der Waals surface area contributed by atoms with Crippen molar-refractivity contribution in [2.24, 2.45) is 5.84 Å². The minimum absolute atomic E-state index is 0.451. The average Bonchev–Trinajstić information content (AvgIpc) is 2.81. The van der Waals surface area contributed by atoms with Crippen molar-refractivity contribution in [1.29, 1.82) is 0 Å². The number of aryl methyl sites for hydroxylation is 1. The third kappa shape index (κ3) is 2.76. The maximum Gasteiger partial charge on any atom is 0.239 e. The first kappa shape index (κ1) is 11.5. The molecule has 1 saturated heterocycles. The van der Waals surface area contributed by atoms with Crippen LogP contribution in [-0.2, 0) is 0 Å². The molecular weight excluding hydrogens is 222 g/mol. The standard InChI is InChI=1S/C10H17N5S/c1-7-5-13-10(15-11)14-9(7)12-6-8-3-2-4-16-8/h5,8H,2-4,6,11H2,1H3,(H2,12,13,14,15). The predicted octanol–water partition coefficient (Wildman–Crippen LogP) is 1.38. The van der Waals surface area contributed by atoms with Gasteiger partial charge < -0.3 is 5.32 Å². The number of hydrogen-bond donors (Lipinski definition) is 3. The minimum atomic E-state index is 0.451. The molecular formula is C10H17N5S. The second-order valence-electron chi connectivity index (χ2n) is 3.89. The van der Waals surface area contributed by atoms with Gasteiger partial charge in [-0.05, 0) is 25.5 Å². The number of thioether (sulfide) groups is 1. The molecule has 1 aliphatic rings. The lowest BCUT2D eigenvalue weighted by Gasteiger charge is -2.12. The Morgan fingerprint density at radius 1 is 1.62 bits per heavy atom. The number of nitrogens with one attached hydrogen (secondary N) is 2. The van der Waals surface area contributed by atoms with E-state index in [1.54, 1.807) is 6.20 Å². The van der Waals surface area contributed by atoms with Gasteiger partial charge in [-0.15, -0.1) is 0 Å². The Morgan fingerprint density at radius 3 is 3.19 bits per heavy atom. The van der Waals surface area contributed by atoms with Crippen molar-refractivity contribution in [3.05, 3.63) is 11.8 Å². The number of rotatable bonds is 4. The lowest BCUT2D eigenvalue weighted by Crippen LogP contribution is -2.17. The number of anilines is 2. The van der Waals surface area contributed by atoms with E-state index in [2.05, 4.69) is 20.7 Å². The fraction of sp³-hybridized carbons (Fsp3) is 0.600. The van der Waals surface area contributed by atoms with E-state index in [-0.39, 0.29) is 0 Å². The lowest BCUT2D eigenvalue weighted by atomic mass is 10.2. The third-order valence-corrected chi connectivity index (χ3v) is 4.02. The van der Waals surface area contributed by atoms with Crippen LogP contribution in [0.1, 0.15) is 18.4 Å². The Hall–Kier alpha value is -1.01. The highest BCUT2D eigenvalue weighted by atomic mass is 32.2. The van der Waals surface area contributed by atoms with Crippen molar-refractivity contribution < 1.29 is 0 Å². The molecule has 2 heterocycles. The summed E-state index contributed by atoms with van der Waals surface area (Å²) in [6.45, 7) is 2.96. The summed E-state index contributed by atoms with van der Waals surface area (Å²) in [6.07, 6.45) is 4.39. The zero-order chi connectivity index (χ0) is 11.4. The summed E-state index contributed by atoms with van der Waals surface area (Å²) in [5.74, 6) is 7.88. The van der Waals surface area contributed by atoms with Crippen molar-refractivity contribution in [1.82, 2.24) is 9.97 Å². The van der Waals surface area contributed by atoms with E-state index in [0.717, 1.165) is 17.9 Å². The molecule has 0 saturated carbocycles. The van der Waals surface area contributed by atoms with Crippen LogP contribution >= 0.6 is 11.8 Å². The Morgan fingerprint density at radius 2 is 2.50 bits per heavy atom. The fourth-order valence-electron chi connectivity index (χ4n) is 1.71. The summed E-state index contributed by atoms with van der Waals surface area (Å²) in [6, 6.07) is 0. The van der Waals surface area contributed by atoms with Crippen LogP contribution in [0.4, 0.5) is 11.8 Å². The second kappa shape index (κ2) is 5.36. The summed E-state index contributed by atoms with van der Waals surface area (Å²) in [4.78, 5) is 8.33. The second-order valence-corrected chi connectivity index (χ2v) is 5.29. The number of nitrogen functional groups attached to an aromatic ring is 1. The molecule has 0 radical (unpaired) electrons. The number of aromatic nitrogens is 2. The quantitative estimate of drug-likeness (QED) is 0.544. The molecule has 0 amide bonds. The highest BCUT2D eigenvalue weighted by Gasteiger charge is 2.15. The van der Waals surface area contributed by atoms with Crippen LogP contribution in [-0.4, -0.2) is 27.5 Å². The van der Waals surface area contributed by atoms with Gasteiger partial charge in [0.2, 0.25) is 5.95 Å². The van der Waals surface area contributed by atoms with Gasteiger partial charge in [0.05, 0.1) is 0 Å². The molecule has 0 spiro atoms. The van der Waals surface area contributed by atoms with Gasteiger partial charge in [-0.1, -0.05) is 0 Å². The Labute approximate surface area is 99.6 Å². The number of hydrogen-bond acceptors (Lipinski definition) is 6. The molecule has 1 aromatic rings. The van der Waals surface area contributed by atoms with Gasteiger partial charge in [-0.25, -0.2) is 10.8 Å². The van der Waals surface area contributed by atoms with Crippen LogP contribution in [0, 0.1) is 6.92 Å². The van der Waals surface area contributed by atoms with E-state index in [1.165, 1.54) is 18.6 Å². The molecule has 0 aliphatic carbocycles. The summed E-state index contributed by atoms with van der Waals surface area (Å²) in [7, 11) is 0.